The number of benzene rings is 2. The number of anilines is 1. The molecule has 0 spiro atoms. The number of rotatable bonds is 7. The van der Waals surface area contributed by atoms with Crippen molar-refractivity contribution in [3.63, 3.8) is 0 Å². The summed E-state index contributed by atoms with van der Waals surface area (Å²) in [4.78, 5) is 38.1. The van der Waals surface area contributed by atoms with E-state index in [1.165, 1.54) is 0 Å². The maximum absolute atomic E-state index is 12.6. The summed E-state index contributed by atoms with van der Waals surface area (Å²) in [5.41, 5.74) is 1.33. The second-order valence-corrected chi connectivity index (χ2v) is 6.85. The lowest BCUT2D eigenvalue weighted by Crippen LogP contribution is -2.36. The average Bonchev–Trinajstić information content (AvgIpc) is 2.95. The summed E-state index contributed by atoms with van der Waals surface area (Å²) in [6.07, 6.45) is 3.25. The van der Waals surface area contributed by atoms with E-state index in [0.29, 0.717) is 18.0 Å². The number of hydrogen-bond acceptors (Lipinski definition) is 5. The van der Waals surface area contributed by atoms with Crippen LogP contribution in [0.4, 0.5) is 10.5 Å². The quantitative estimate of drug-likeness (QED) is 0.569. The van der Waals surface area contributed by atoms with Gasteiger partial charge in [-0.05, 0) is 47.7 Å². The van der Waals surface area contributed by atoms with Crippen molar-refractivity contribution in [3.8, 4) is 5.75 Å². The number of para-hydroxylation sites is 1. The van der Waals surface area contributed by atoms with Gasteiger partial charge in [-0.25, -0.2) is 0 Å². The van der Waals surface area contributed by atoms with Gasteiger partial charge in [0.2, 0.25) is 5.91 Å². The molecule has 0 radical (unpaired) electrons. The molecule has 28 heavy (non-hydrogen) atoms. The maximum Gasteiger partial charge on any atom is 0.294 e. The Balaban J connectivity index is 1.68. The van der Waals surface area contributed by atoms with Crippen LogP contribution in [-0.4, -0.2) is 35.1 Å². The largest absolute Gasteiger partial charge is 0.490 e. The van der Waals surface area contributed by atoms with Gasteiger partial charge in [-0.3, -0.25) is 19.3 Å². The van der Waals surface area contributed by atoms with Crippen molar-refractivity contribution in [2.75, 3.05) is 18.5 Å². The summed E-state index contributed by atoms with van der Waals surface area (Å²) < 4.78 is 5.47. The first kappa shape index (κ1) is 19.4. The third-order valence-electron chi connectivity index (χ3n) is 3.76. The first-order valence-electron chi connectivity index (χ1n) is 8.51. The Kier molecular flexibility index (Phi) is 6.29. The minimum Gasteiger partial charge on any atom is -0.490 e. The van der Waals surface area contributed by atoms with Crippen LogP contribution in [0.5, 0.6) is 5.75 Å². The highest BCUT2D eigenvalue weighted by atomic mass is 32.2. The van der Waals surface area contributed by atoms with Crippen molar-refractivity contribution in [1.82, 2.24) is 4.90 Å². The summed E-state index contributed by atoms with van der Waals surface area (Å²) in [7, 11) is 0. The van der Waals surface area contributed by atoms with E-state index in [0.717, 1.165) is 22.2 Å². The van der Waals surface area contributed by atoms with Crippen molar-refractivity contribution in [2.24, 2.45) is 0 Å². The van der Waals surface area contributed by atoms with E-state index in [9.17, 15) is 14.4 Å². The average molecular weight is 394 g/mol. The molecule has 0 unspecified atom stereocenters. The van der Waals surface area contributed by atoms with Crippen LogP contribution in [-0.2, 0) is 9.59 Å². The molecule has 3 rings (SSSR count). The van der Waals surface area contributed by atoms with Crippen molar-refractivity contribution < 1.29 is 19.1 Å². The maximum atomic E-state index is 12.6. The van der Waals surface area contributed by atoms with Crippen molar-refractivity contribution in [1.29, 1.82) is 0 Å². The third kappa shape index (κ3) is 4.89. The molecule has 0 bridgehead atoms. The molecule has 0 aromatic heterocycles. The van der Waals surface area contributed by atoms with Crippen LogP contribution >= 0.6 is 11.8 Å². The van der Waals surface area contributed by atoms with Crippen LogP contribution in [0.25, 0.3) is 6.08 Å². The fourth-order valence-corrected chi connectivity index (χ4v) is 3.34. The van der Waals surface area contributed by atoms with E-state index in [2.05, 4.69) is 11.9 Å². The molecule has 1 fully saturated rings. The fourth-order valence-electron chi connectivity index (χ4n) is 2.50. The van der Waals surface area contributed by atoms with Crippen molar-refractivity contribution in [2.45, 2.75) is 0 Å². The van der Waals surface area contributed by atoms with E-state index in [1.54, 1.807) is 60.7 Å². The number of nitrogens with one attached hydrogen (secondary N) is 1. The molecule has 0 saturated carbocycles. The van der Waals surface area contributed by atoms with E-state index in [-0.39, 0.29) is 11.4 Å². The van der Waals surface area contributed by atoms with Gasteiger partial charge < -0.3 is 10.1 Å². The molecule has 142 valence electrons. The Morgan fingerprint density at radius 2 is 1.93 bits per heavy atom. The van der Waals surface area contributed by atoms with Gasteiger partial charge >= 0.3 is 0 Å². The molecule has 1 saturated heterocycles. The van der Waals surface area contributed by atoms with E-state index >= 15 is 0 Å². The summed E-state index contributed by atoms with van der Waals surface area (Å²) in [5, 5.41) is 2.19. The predicted molar refractivity (Wildman–Crippen MR) is 110 cm³/mol. The molecule has 2 aromatic carbocycles. The second kappa shape index (κ2) is 9.05. The number of thioether (sulfide) groups is 1. The topological polar surface area (TPSA) is 75.7 Å². The lowest BCUT2D eigenvalue weighted by molar-refractivity contribution is -0.127. The minimum atomic E-state index is -0.490. The van der Waals surface area contributed by atoms with Crippen LogP contribution < -0.4 is 10.1 Å². The molecule has 1 heterocycles. The van der Waals surface area contributed by atoms with Crippen LogP contribution in [0.15, 0.2) is 72.2 Å². The minimum absolute atomic E-state index is 0.262. The van der Waals surface area contributed by atoms with Gasteiger partial charge in [0.1, 0.15) is 18.9 Å². The number of carbonyl (C=O) groups excluding carboxylic acids is 3. The highest BCUT2D eigenvalue weighted by Gasteiger charge is 2.36. The van der Waals surface area contributed by atoms with E-state index in [4.69, 9.17) is 4.74 Å². The molecule has 6 nitrogen and oxygen atoms in total. The summed E-state index contributed by atoms with van der Waals surface area (Å²) in [5.74, 6) is -0.291. The van der Waals surface area contributed by atoms with Crippen LogP contribution in [0, 0.1) is 0 Å². The number of nitrogens with zero attached hydrogens (tertiary/aromatic N) is 1. The van der Waals surface area contributed by atoms with Crippen molar-refractivity contribution in [3.05, 3.63) is 77.7 Å². The van der Waals surface area contributed by atoms with Gasteiger partial charge in [0, 0.05) is 5.69 Å². The molecule has 7 heteroatoms. The van der Waals surface area contributed by atoms with Gasteiger partial charge in [0.15, 0.2) is 0 Å². The Labute approximate surface area is 166 Å². The zero-order chi connectivity index (χ0) is 19.9. The Hall–Kier alpha value is -3.32. The highest BCUT2D eigenvalue weighted by molar-refractivity contribution is 8.18. The molecule has 3 amide bonds. The molecule has 0 aliphatic carbocycles. The molecular formula is C21H18N2O4S. The van der Waals surface area contributed by atoms with Crippen LogP contribution in [0.3, 0.4) is 0 Å². The SMILES string of the molecule is C=CCOc1cccc(/C=C2\SC(=O)N(CC(=O)Nc3ccccc3)C2=O)c1. The Morgan fingerprint density at radius 1 is 1.14 bits per heavy atom. The number of ether oxygens (including phenoxy) is 1. The smallest absolute Gasteiger partial charge is 0.294 e. The summed E-state index contributed by atoms with van der Waals surface area (Å²) in [6.45, 7) is 3.63. The first-order valence-corrected chi connectivity index (χ1v) is 9.32. The first-order chi connectivity index (χ1) is 13.6. The molecule has 1 N–H and O–H groups in total. The Bertz CT molecular complexity index is 940. The fraction of sp³-hybridized carbons (Fsp3) is 0.0952. The lowest BCUT2D eigenvalue weighted by Gasteiger charge is -2.12. The number of amides is 3. The zero-order valence-corrected chi connectivity index (χ0v) is 15.8. The molecule has 1 aliphatic heterocycles. The zero-order valence-electron chi connectivity index (χ0n) is 15.0. The Morgan fingerprint density at radius 3 is 2.68 bits per heavy atom. The molecule has 1 aliphatic rings. The van der Waals surface area contributed by atoms with Gasteiger partial charge in [0.25, 0.3) is 11.1 Å². The second-order valence-electron chi connectivity index (χ2n) is 5.85. The monoisotopic (exact) mass is 394 g/mol. The van der Waals surface area contributed by atoms with Gasteiger partial charge in [-0.2, -0.15) is 0 Å². The molecule has 2 aromatic rings. The molecule has 0 atom stereocenters. The number of carbonyl (C=O) groups is 3. The van der Waals surface area contributed by atoms with Gasteiger partial charge in [-0.15, -0.1) is 0 Å². The van der Waals surface area contributed by atoms with Crippen LogP contribution in [0.1, 0.15) is 5.56 Å². The summed E-state index contributed by atoms with van der Waals surface area (Å²) in [6, 6.07) is 16.0. The number of hydrogen-bond donors (Lipinski definition) is 1. The standard InChI is InChI=1S/C21H18N2O4S/c1-2-11-27-17-10-6-7-15(12-17)13-18-20(25)23(21(26)28-18)14-19(24)22-16-8-4-3-5-9-16/h2-10,12-13H,1,11,14H2,(H,22,24)/b18-13-. The lowest BCUT2D eigenvalue weighted by atomic mass is 10.2. The normalized spacial score (nSPS) is 15.0. The number of imide groups is 1. The van der Waals surface area contributed by atoms with Crippen LogP contribution in [0.2, 0.25) is 0 Å². The third-order valence-corrected chi connectivity index (χ3v) is 4.66. The summed E-state index contributed by atoms with van der Waals surface area (Å²) >= 11 is 0.810. The van der Waals surface area contributed by atoms with Gasteiger partial charge in [0.05, 0.1) is 4.91 Å². The van der Waals surface area contributed by atoms with Gasteiger partial charge in [-0.1, -0.05) is 43.0 Å². The van der Waals surface area contributed by atoms with E-state index in [1.807, 2.05) is 6.07 Å². The molecular weight excluding hydrogens is 376 g/mol. The predicted octanol–water partition coefficient (Wildman–Crippen LogP) is 3.93. The highest BCUT2D eigenvalue weighted by Crippen LogP contribution is 2.32. The van der Waals surface area contributed by atoms with E-state index < -0.39 is 17.1 Å². The van der Waals surface area contributed by atoms with Crippen molar-refractivity contribution >= 4 is 40.6 Å².